The summed E-state index contributed by atoms with van der Waals surface area (Å²) in [5.74, 6) is -0.267. The van der Waals surface area contributed by atoms with Crippen LogP contribution in [0.25, 0.3) is 10.9 Å². The Bertz CT molecular complexity index is 1040. The number of hydrogen-bond donors (Lipinski definition) is 1. The summed E-state index contributed by atoms with van der Waals surface area (Å²) >= 11 is 0. The monoisotopic (exact) mass is 389 g/mol. The second-order valence-corrected chi connectivity index (χ2v) is 6.92. The fraction of sp³-hybridized carbons (Fsp3) is 0.294. The molecule has 0 saturated carbocycles. The summed E-state index contributed by atoms with van der Waals surface area (Å²) in [7, 11) is 5.98. The van der Waals surface area contributed by atoms with Crippen LogP contribution in [0.4, 0.5) is 29.6 Å². The average Bonchev–Trinajstić information content (AvgIpc) is 2.97. The lowest BCUT2D eigenvalue weighted by Crippen LogP contribution is -2.27. The molecule has 0 aliphatic rings. The SMILES string of the molecule is [B]c1cc(Nc2nccc(C(F)(F)F)n2)cc2c1cnn2C(=O)OC(C)(C)C. The third-order valence-electron chi connectivity index (χ3n) is 3.49. The normalized spacial score (nSPS) is 12.2. The molecule has 0 aliphatic heterocycles. The largest absolute Gasteiger partial charge is 0.442 e. The number of anilines is 2. The van der Waals surface area contributed by atoms with Crippen LogP contribution in [0.5, 0.6) is 0 Å². The second-order valence-electron chi connectivity index (χ2n) is 6.92. The summed E-state index contributed by atoms with van der Waals surface area (Å²) in [6.45, 7) is 5.13. The molecule has 2 heterocycles. The van der Waals surface area contributed by atoms with Crippen molar-refractivity contribution in [1.29, 1.82) is 0 Å². The molecule has 11 heteroatoms. The van der Waals surface area contributed by atoms with E-state index in [-0.39, 0.29) is 17.1 Å². The molecule has 0 spiro atoms. The molecule has 2 radical (unpaired) electrons. The van der Waals surface area contributed by atoms with E-state index >= 15 is 0 Å². The van der Waals surface area contributed by atoms with Crippen molar-refractivity contribution < 1.29 is 22.7 Å². The highest BCUT2D eigenvalue weighted by Gasteiger charge is 2.32. The molecule has 0 atom stereocenters. The van der Waals surface area contributed by atoms with Gasteiger partial charge in [0.2, 0.25) is 5.95 Å². The molecule has 7 nitrogen and oxygen atoms in total. The van der Waals surface area contributed by atoms with E-state index in [2.05, 4.69) is 20.4 Å². The van der Waals surface area contributed by atoms with Crippen molar-refractivity contribution in [3.63, 3.8) is 0 Å². The number of nitrogens with zero attached hydrogens (tertiary/aromatic N) is 4. The lowest BCUT2D eigenvalue weighted by atomic mass is 9.92. The molecule has 0 amide bonds. The van der Waals surface area contributed by atoms with Crippen LogP contribution in [0, 0.1) is 0 Å². The van der Waals surface area contributed by atoms with Crippen LogP contribution in [0.15, 0.2) is 30.6 Å². The number of hydrogen-bond acceptors (Lipinski definition) is 6. The number of alkyl halides is 3. The lowest BCUT2D eigenvalue weighted by molar-refractivity contribution is -0.141. The number of fused-ring (bicyclic) bond motifs is 1. The molecule has 28 heavy (non-hydrogen) atoms. The first-order chi connectivity index (χ1) is 12.9. The Hall–Kier alpha value is -3.11. The van der Waals surface area contributed by atoms with Crippen molar-refractivity contribution in [3.8, 4) is 0 Å². The predicted octanol–water partition coefficient (Wildman–Crippen LogP) is 3.17. The zero-order chi connectivity index (χ0) is 20.7. The quantitative estimate of drug-likeness (QED) is 0.679. The topological polar surface area (TPSA) is 81.9 Å². The number of carbonyl (C=O) groups excluding carboxylic acids is 1. The molecule has 0 bridgehead atoms. The smallest absolute Gasteiger partial charge is 0.435 e. The third kappa shape index (κ3) is 4.24. The summed E-state index contributed by atoms with van der Waals surface area (Å²) in [6.07, 6.45) is -2.92. The summed E-state index contributed by atoms with van der Waals surface area (Å²) in [6, 6.07) is 3.74. The Labute approximate surface area is 159 Å². The molecule has 3 aromatic rings. The van der Waals surface area contributed by atoms with Gasteiger partial charge >= 0.3 is 12.3 Å². The molecule has 1 N–H and O–H groups in total. The van der Waals surface area contributed by atoms with E-state index in [0.717, 1.165) is 16.9 Å². The van der Waals surface area contributed by atoms with Gasteiger partial charge in [-0.3, -0.25) is 0 Å². The van der Waals surface area contributed by atoms with E-state index in [0.29, 0.717) is 10.9 Å². The standard InChI is InChI=1S/C17H15BF3N5O2/c1-16(2,3)28-15(27)26-12-7-9(6-11(18)10(12)8-23-26)24-14-22-5-4-13(25-14)17(19,20)21/h4-8H,1-3H3,(H,22,24,25). The highest BCUT2D eigenvalue weighted by molar-refractivity contribution is 6.39. The van der Waals surface area contributed by atoms with Gasteiger partial charge in [-0.15, -0.1) is 0 Å². The molecule has 0 saturated heterocycles. The zero-order valence-electron chi connectivity index (χ0n) is 15.2. The van der Waals surface area contributed by atoms with Crippen molar-refractivity contribution >= 4 is 41.9 Å². The van der Waals surface area contributed by atoms with Gasteiger partial charge in [-0.1, -0.05) is 5.46 Å². The third-order valence-corrected chi connectivity index (χ3v) is 3.49. The van der Waals surface area contributed by atoms with Gasteiger partial charge in [-0.2, -0.15) is 23.0 Å². The van der Waals surface area contributed by atoms with Crippen LogP contribution in [0.1, 0.15) is 26.5 Å². The summed E-state index contributed by atoms with van der Waals surface area (Å²) < 4.78 is 44.8. The molecule has 1 aromatic carbocycles. The van der Waals surface area contributed by atoms with Crippen molar-refractivity contribution in [3.05, 3.63) is 36.3 Å². The second kappa shape index (κ2) is 6.81. The van der Waals surface area contributed by atoms with Crippen LogP contribution in [-0.4, -0.2) is 39.3 Å². The number of carbonyl (C=O) groups is 1. The molecular formula is C17H15BF3N5O2. The summed E-state index contributed by atoms with van der Waals surface area (Å²) in [5.41, 5.74) is -0.944. The zero-order valence-corrected chi connectivity index (χ0v) is 15.2. The number of halogens is 3. The van der Waals surface area contributed by atoms with E-state index < -0.39 is 23.6 Å². The van der Waals surface area contributed by atoms with Crippen molar-refractivity contribution in [2.24, 2.45) is 0 Å². The van der Waals surface area contributed by atoms with E-state index in [1.807, 2.05) is 0 Å². The maximum absolute atomic E-state index is 12.8. The van der Waals surface area contributed by atoms with Gasteiger partial charge < -0.3 is 10.1 Å². The van der Waals surface area contributed by atoms with E-state index in [4.69, 9.17) is 12.6 Å². The minimum Gasteiger partial charge on any atom is -0.442 e. The first-order valence-corrected chi connectivity index (χ1v) is 8.12. The van der Waals surface area contributed by atoms with Crippen molar-refractivity contribution in [2.45, 2.75) is 32.5 Å². The molecule has 0 aliphatic carbocycles. The average molecular weight is 389 g/mol. The number of nitrogens with one attached hydrogen (secondary N) is 1. The van der Waals surface area contributed by atoms with E-state index in [1.54, 1.807) is 20.8 Å². The van der Waals surface area contributed by atoms with Gasteiger partial charge in [-0.25, -0.2) is 14.8 Å². The molecule has 0 unspecified atom stereocenters. The van der Waals surface area contributed by atoms with Crippen molar-refractivity contribution in [2.75, 3.05) is 5.32 Å². The highest BCUT2D eigenvalue weighted by atomic mass is 19.4. The van der Waals surface area contributed by atoms with Crippen LogP contribution in [-0.2, 0) is 10.9 Å². The fourth-order valence-electron chi connectivity index (χ4n) is 2.38. The van der Waals surface area contributed by atoms with Gasteiger partial charge in [0, 0.05) is 17.3 Å². The van der Waals surface area contributed by atoms with Crippen LogP contribution < -0.4 is 10.8 Å². The molecule has 0 fully saturated rings. The summed E-state index contributed by atoms with van der Waals surface area (Å²) in [5, 5.41) is 7.13. The minimum atomic E-state index is -4.60. The number of aromatic nitrogens is 4. The van der Waals surface area contributed by atoms with Crippen LogP contribution >= 0.6 is 0 Å². The van der Waals surface area contributed by atoms with Crippen LogP contribution in [0.2, 0.25) is 0 Å². The van der Waals surface area contributed by atoms with E-state index in [9.17, 15) is 18.0 Å². The Morgan fingerprint density at radius 3 is 2.61 bits per heavy atom. The molecular weight excluding hydrogens is 374 g/mol. The highest BCUT2D eigenvalue weighted by Crippen LogP contribution is 2.28. The van der Waals surface area contributed by atoms with Crippen molar-refractivity contribution in [1.82, 2.24) is 19.7 Å². The first kappa shape index (κ1) is 19.7. The maximum atomic E-state index is 12.8. The number of benzene rings is 1. The minimum absolute atomic E-state index is 0.266. The van der Waals surface area contributed by atoms with Gasteiger partial charge in [0.05, 0.1) is 11.7 Å². The molecule has 3 rings (SSSR count). The van der Waals surface area contributed by atoms with Gasteiger partial charge in [-0.05, 0) is 39.0 Å². The first-order valence-electron chi connectivity index (χ1n) is 8.12. The Balaban J connectivity index is 1.97. The van der Waals surface area contributed by atoms with Crippen LogP contribution in [0.3, 0.4) is 0 Å². The maximum Gasteiger partial charge on any atom is 0.435 e. The molecule has 144 valence electrons. The Morgan fingerprint density at radius 1 is 1.25 bits per heavy atom. The van der Waals surface area contributed by atoms with Gasteiger partial charge in [0.1, 0.15) is 19.1 Å². The number of rotatable bonds is 2. The molecule has 2 aromatic heterocycles. The van der Waals surface area contributed by atoms with Gasteiger partial charge in [0.15, 0.2) is 0 Å². The Morgan fingerprint density at radius 2 is 1.96 bits per heavy atom. The Kier molecular flexibility index (Phi) is 4.78. The van der Waals surface area contributed by atoms with Gasteiger partial charge in [0.25, 0.3) is 0 Å². The lowest BCUT2D eigenvalue weighted by Gasteiger charge is -2.19. The fourth-order valence-corrected chi connectivity index (χ4v) is 2.38. The van der Waals surface area contributed by atoms with E-state index in [1.165, 1.54) is 18.3 Å². The number of ether oxygens (including phenoxy) is 1. The predicted molar refractivity (Wildman–Crippen MR) is 97.1 cm³/mol. The summed E-state index contributed by atoms with van der Waals surface area (Å²) in [4.78, 5) is 19.6.